The van der Waals surface area contributed by atoms with Crippen LogP contribution in [0.25, 0.3) is 22.0 Å². The molecule has 0 amide bonds. The smallest absolute Gasteiger partial charge is 0.121 e. The first-order chi connectivity index (χ1) is 11.7. The third kappa shape index (κ3) is 3.79. The molecule has 0 fully saturated rings. The number of hydrogen-bond acceptors (Lipinski definition) is 4. The molecular weight excluding hydrogens is 324 g/mol. The van der Waals surface area contributed by atoms with Gasteiger partial charge in [0.2, 0.25) is 0 Å². The van der Waals surface area contributed by atoms with E-state index in [0.29, 0.717) is 13.0 Å². The van der Waals surface area contributed by atoms with Gasteiger partial charge in [0.05, 0.1) is 12.6 Å². The number of aromatic nitrogens is 1. The summed E-state index contributed by atoms with van der Waals surface area (Å²) < 4.78 is 28.6. The maximum Gasteiger partial charge on any atom is 0.121 e. The van der Waals surface area contributed by atoms with Crippen LogP contribution in [0.15, 0.2) is 54.7 Å². The van der Waals surface area contributed by atoms with Crippen molar-refractivity contribution in [3.05, 3.63) is 60.3 Å². The van der Waals surface area contributed by atoms with E-state index in [-0.39, 0.29) is 0 Å². The predicted octanol–water partition coefficient (Wildman–Crippen LogP) is 2.84. The molecule has 5 nitrogen and oxygen atoms in total. The van der Waals surface area contributed by atoms with Crippen molar-refractivity contribution in [3.8, 4) is 16.9 Å². The Balaban J connectivity index is 1.86. The van der Waals surface area contributed by atoms with Gasteiger partial charge in [-0.1, -0.05) is 24.3 Å². The van der Waals surface area contributed by atoms with Crippen molar-refractivity contribution < 1.29 is 13.5 Å². The van der Waals surface area contributed by atoms with E-state index >= 15 is 0 Å². The van der Waals surface area contributed by atoms with Crippen molar-refractivity contribution in [2.45, 2.75) is 6.42 Å². The normalized spacial score (nSPS) is 12.2. The second kappa shape index (κ2) is 7.53. The first kappa shape index (κ1) is 16.6. The van der Waals surface area contributed by atoms with Crippen LogP contribution in [0.5, 0.6) is 5.75 Å². The molecule has 1 N–H and O–H groups in total. The summed E-state index contributed by atoms with van der Waals surface area (Å²) in [5.74, 6) is 0.783. The number of fused-ring (bicyclic) bond motifs is 1. The number of nitrogens with zero attached hydrogens (tertiary/aromatic N) is 1. The van der Waals surface area contributed by atoms with Crippen LogP contribution in [-0.2, 0) is 17.7 Å². The highest BCUT2D eigenvalue weighted by molar-refractivity contribution is 7.77. The Hall–Kier alpha value is -2.28. The van der Waals surface area contributed by atoms with Gasteiger partial charge < -0.3 is 9.29 Å². The molecule has 3 rings (SSSR count). The average molecular weight is 341 g/mol. The lowest BCUT2D eigenvalue weighted by Gasteiger charge is -2.10. The largest absolute Gasteiger partial charge is 0.760 e. The quantitative estimate of drug-likeness (QED) is 0.700. The number of methoxy groups -OCH3 is 1. The van der Waals surface area contributed by atoms with Gasteiger partial charge in [0.1, 0.15) is 5.75 Å². The van der Waals surface area contributed by atoms with Crippen LogP contribution < -0.4 is 9.46 Å². The number of pyridine rings is 1. The van der Waals surface area contributed by atoms with Crippen LogP contribution in [0.2, 0.25) is 0 Å². The molecule has 0 saturated heterocycles. The highest BCUT2D eigenvalue weighted by atomic mass is 32.2. The van der Waals surface area contributed by atoms with Crippen LogP contribution in [-0.4, -0.2) is 27.4 Å². The van der Waals surface area contributed by atoms with Gasteiger partial charge >= 0.3 is 0 Å². The SMILES string of the molecule is COc1ccc2c(-c3ccc(CCNS(=O)[O-])cc3)ccnc2c1. The molecule has 0 aliphatic heterocycles. The molecular formula is C18H17N2O3S-. The van der Waals surface area contributed by atoms with E-state index in [1.165, 1.54) is 0 Å². The first-order valence-corrected chi connectivity index (χ1v) is 8.60. The zero-order valence-electron chi connectivity index (χ0n) is 13.2. The van der Waals surface area contributed by atoms with E-state index < -0.39 is 11.3 Å². The van der Waals surface area contributed by atoms with Crippen molar-refractivity contribution in [1.82, 2.24) is 9.71 Å². The predicted molar refractivity (Wildman–Crippen MR) is 94.4 cm³/mol. The molecule has 1 atom stereocenters. The van der Waals surface area contributed by atoms with Gasteiger partial charge in [-0.3, -0.25) is 9.19 Å². The third-order valence-corrected chi connectivity index (χ3v) is 4.29. The summed E-state index contributed by atoms with van der Waals surface area (Å²) in [4.78, 5) is 4.40. The summed E-state index contributed by atoms with van der Waals surface area (Å²) in [5.41, 5.74) is 4.17. The maximum absolute atomic E-state index is 10.5. The topological polar surface area (TPSA) is 74.3 Å². The van der Waals surface area contributed by atoms with E-state index in [9.17, 15) is 8.76 Å². The van der Waals surface area contributed by atoms with E-state index in [1.807, 2.05) is 48.5 Å². The molecule has 0 aliphatic carbocycles. The Morgan fingerprint density at radius 1 is 1.17 bits per heavy atom. The molecule has 0 spiro atoms. The van der Waals surface area contributed by atoms with E-state index in [4.69, 9.17) is 4.74 Å². The van der Waals surface area contributed by atoms with Crippen LogP contribution >= 0.6 is 0 Å². The van der Waals surface area contributed by atoms with Crippen molar-refractivity contribution >= 4 is 22.2 Å². The second-order valence-electron chi connectivity index (χ2n) is 5.32. The number of benzene rings is 2. The highest BCUT2D eigenvalue weighted by Gasteiger charge is 2.06. The minimum absolute atomic E-state index is 0.396. The van der Waals surface area contributed by atoms with Crippen molar-refractivity contribution in [2.75, 3.05) is 13.7 Å². The number of nitrogens with one attached hydrogen (secondary N) is 1. The van der Waals surface area contributed by atoms with Crippen molar-refractivity contribution in [2.24, 2.45) is 0 Å². The van der Waals surface area contributed by atoms with E-state index in [2.05, 4.69) is 9.71 Å². The van der Waals surface area contributed by atoms with Crippen molar-refractivity contribution in [1.29, 1.82) is 0 Å². The van der Waals surface area contributed by atoms with Crippen LogP contribution in [0.1, 0.15) is 5.56 Å². The number of ether oxygens (including phenoxy) is 1. The van der Waals surface area contributed by atoms with Crippen LogP contribution in [0.3, 0.4) is 0 Å². The molecule has 24 heavy (non-hydrogen) atoms. The fraction of sp³-hybridized carbons (Fsp3) is 0.167. The lowest BCUT2D eigenvalue weighted by molar-refractivity contribution is 0.415. The Bertz CT molecular complexity index is 866. The Morgan fingerprint density at radius 3 is 2.67 bits per heavy atom. The highest BCUT2D eigenvalue weighted by Crippen LogP contribution is 2.29. The minimum atomic E-state index is -2.21. The Labute approximate surface area is 143 Å². The lowest BCUT2D eigenvalue weighted by Crippen LogP contribution is -2.19. The maximum atomic E-state index is 10.5. The minimum Gasteiger partial charge on any atom is -0.760 e. The third-order valence-electron chi connectivity index (χ3n) is 3.85. The lowest BCUT2D eigenvalue weighted by atomic mass is 9.99. The Kier molecular flexibility index (Phi) is 5.20. The summed E-state index contributed by atoms with van der Waals surface area (Å²) in [6.45, 7) is 0.396. The molecule has 124 valence electrons. The van der Waals surface area contributed by atoms with Crippen molar-refractivity contribution in [3.63, 3.8) is 0 Å². The van der Waals surface area contributed by atoms with Gasteiger partial charge in [-0.25, -0.2) is 4.72 Å². The molecule has 0 saturated carbocycles. The summed E-state index contributed by atoms with van der Waals surface area (Å²) in [5, 5.41) is 1.06. The average Bonchev–Trinajstić information content (AvgIpc) is 2.61. The van der Waals surface area contributed by atoms with Gasteiger partial charge in [0.15, 0.2) is 0 Å². The molecule has 1 unspecified atom stereocenters. The van der Waals surface area contributed by atoms with Gasteiger partial charge in [-0.2, -0.15) is 0 Å². The van der Waals surface area contributed by atoms with E-state index in [1.54, 1.807) is 13.3 Å². The first-order valence-electron chi connectivity index (χ1n) is 7.52. The molecule has 1 heterocycles. The molecule has 0 aliphatic rings. The molecule has 1 aromatic heterocycles. The van der Waals surface area contributed by atoms with Gasteiger partial charge in [0, 0.05) is 35.5 Å². The molecule has 3 aromatic rings. The summed E-state index contributed by atoms with van der Waals surface area (Å²) in [6.07, 6.45) is 2.45. The van der Waals surface area contributed by atoms with Crippen LogP contribution in [0.4, 0.5) is 0 Å². The summed E-state index contributed by atoms with van der Waals surface area (Å²) >= 11 is -2.21. The molecule has 6 heteroatoms. The number of rotatable bonds is 6. The van der Waals surface area contributed by atoms with Gasteiger partial charge in [-0.05, 0) is 41.3 Å². The molecule has 0 radical (unpaired) electrons. The monoisotopic (exact) mass is 341 g/mol. The number of hydrogen-bond donors (Lipinski definition) is 1. The standard InChI is InChI=1S/C18H18N2O3S/c1-23-15-6-7-17-16(9-10-19-18(17)12-15)14-4-2-13(3-5-14)8-11-20-24(21)22/h2-7,9-10,12,20H,8,11H2,1H3,(H,21,22)/p-1. The van der Waals surface area contributed by atoms with Gasteiger partial charge in [-0.15, -0.1) is 0 Å². The fourth-order valence-electron chi connectivity index (χ4n) is 2.64. The summed E-state index contributed by atoms with van der Waals surface area (Å²) in [6, 6.07) is 16.0. The molecule has 2 aromatic carbocycles. The second-order valence-corrected chi connectivity index (χ2v) is 6.08. The van der Waals surface area contributed by atoms with E-state index in [0.717, 1.165) is 33.3 Å². The molecule has 0 bridgehead atoms. The summed E-state index contributed by atoms with van der Waals surface area (Å²) in [7, 11) is 1.64. The zero-order chi connectivity index (χ0) is 16.9. The fourth-order valence-corrected chi connectivity index (χ4v) is 2.91. The Morgan fingerprint density at radius 2 is 1.96 bits per heavy atom. The van der Waals surface area contributed by atoms with Crippen LogP contribution in [0, 0.1) is 0 Å². The van der Waals surface area contributed by atoms with Gasteiger partial charge in [0.25, 0.3) is 0 Å². The zero-order valence-corrected chi connectivity index (χ0v) is 14.0.